The highest BCUT2D eigenvalue weighted by Gasteiger charge is 2.23. The molecule has 0 aliphatic carbocycles. The van der Waals surface area contributed by atoms with Crippen LogP contribution in [0.4, 0.5) is 14.9 Å². The zero-order valence-electron chi connectivity index (χ0n) is 11.6. The van der Waals surface area contributed by atoms with Crippen LogP contribution >= 0.6 is 0 Å². The van der Waals surface area contributed by atoms with Crippen molar-refractivity contribution in [2.75, 3.05) is 11.9 Å². The van der Waals surface area contributed by atoms with Gasteiger partial charge in [-0.1, -0.05) is 42.5 Å². The van der Waals surface area contributed by atoms with Crippen LogP contribution < -0.4 is 10.6 Å². The van der Waals surface area contributed by atoms with Crippen LogP contribution in [0.25, 0.3) is 0 Å². The van der Waals surface area contributed by atoms with E-state index in [1.807, 2.05) is 18.2 Å². The van der Waals surface area contributed by atoms with Gasteiger partial charge in [0.1, 0.15) is 11.4 Å². The first kappa shape index (κ1) is 15.0. The smallest absolute Gasteiger partial charge is 0.319 e. The minimum atomic E-state index is -1.20. The molecule has 0 saturated heterocycles. The van der Waals surface area contributed by atoms with E-state index in [-0.39, 0.29) is 12.2 Å². The third-order valence-corrected chi connectivity index (χ3v) is 3.11. The van der Waals surface area contributed by atoms with Gasteiger partial charge in [-0.2, -0.15) is 0 Å². The van der Waals surface area contributed by atoms with Crippen molar-refractivity contribution < 1.29 is 14.3 Å². The molecule has 21 heavy (non-hydrogen) atoms. The predicted molar refractivity (Wildman–Crippen MR) is 79.4 cm³/mol. The molecule has 0 aromatic heterocycles. The lowest BCUT2D eigenvalue weighted by Gasteiger charge is -2.24. The first-order chi connectivity index (χ1) is 9.99. The topological polar surface area (TPSA) is 61.4 Å². The van der Waals surface area contributed by atoms with Crippen LogP contribution in [0.5, 0.6) is 0 Å². The Labute approximate surface area is 122 Å². The maximum absolute atomic E-state index is 13.4. The summed E-state index contributed by atoms with van der Waals surface area (Å²) in [6, 6.07) is 14.3. The summed E-state index contributed by atoms with van der Waals surface area (Å²) < 4.78 is 13.4. The molecule has 1 unspecified atom stereocenters. The van der Waals surface area contributed by atoms with Gasteiger partial charge in [-0.05, 0) is 24.6 Å². The van der Waals surface area contributed by atoms with Crippen molar-refractivity contribution in [3.05, 3.63) is 66.0 Å². The van der Waals surface area contributed by atoms with Gasteiger partial charge in [-0.15, -0.1) is 0 Å². The van der Waals surface area contributed by atoms with Crippen LogP contribution in [0.3, 0.4) is 0 Å². The van der Waals surface area contributed by atoms with E-state index in [2.05, 4.69) is 10.6 Å². The van der Waals surface area contributed by atoms with Crippen LogP contribution in [0, 0.1) is 5.82 Å². The number of hydrogen-bond acceptors (Lipinski definition) is 2. The standard InChI is InChI=1S/C16H17FN2O2/c1-16(21,12-7-3-2-4-8-12)11-18-15(20)19-14-10-6-5-9-13(14)17/h2-10,21H,11H2,1H3,(H2,18,19,20). The van der Waals surface area contributed by atoms with Crippen molar-refractivity contribution in [2.24, 2.45) is 0 Å². The van der Waals surface area contributed by atoms with Gasteiger partial charge in [0.2, 0.25) is 0 Å². The number of anilines is 1. The molecule has 1 atom stereocenters. The quantitative estimate of drug-likeness (QED) is 0.810. The van der Waals surface area contributed by atoms with Gasteiger partial charge in [0.25, 0.3) is 0 Å². The van der Waals surface area contributed by atoms with Gasteiger partial charge >= 0.3 is 6.03 Å². The number of carbonyl (C=O) groups excluding carboxylic acids is 1. The summed E-state index contributed by atoms with van der Waals surface area (Å²) in [6.45, 7) is 1.61. The fourth-order valence-electron chi connectivity index (χ4n) is 1.88. The Morgan fingerprint density at radius 1 is 1.14 bits per heavy atom. The van der Waals surface area contributed by atoms with Gasteiger partial charge in [0.05, 0.1) is 12.2 Å². The Hall–Kier alpha value is -2.40. The summed E-state index contributed by atoms with van der Waals surface area (Å²) in [5.41, 5.74) is -0.418. The molecule has 4 nitrogen and oxygen atoms in total. The fourth-order valence-corrected chi connectivity index (χ4v) is 1.88. The summed E-state index contributed by atoms with van der Waals surface area (Å²) in [7, 11) is 0. The molecule has 0 saturated carbocycles. The van der Waals surface area contributed by atoms with Crippen molar-refractivity contribution in [3.8, 4) is 0 Å². The molecule has 0 radical (unpaired) electrons. The Kier molecular flexibility index (Phi) is 4.55. The van der Waals surface area contributed by atoms with Crippen molar-refractivity contribution in [1.82, 2.24) is 5.32 Å². The highest BCUT2D eigenvalue weighted by atomic mass is 19.1. The SMILES string of the molecule is CC(O)(CNC(=O)Nc1ccccc1F)c1ccccc1. The second-order valence-corrected chi connectivity index (χ2v) is 4.93. The zero-order valence-corrected chi connectivity index (χ0v) is 11.6. The number of benzene rings is 2. The molecule has 3 N–H and O–H groups in total. The summed E-state index contributed by atoms with van der Waals surface area (Å²) in [5.74, 6) is -0.512. The third kappa shape index (κ3) is 4.03. The Morgan fingerprint density at radius 2 is 1.76 bits per heavy atom. The van der Waals surface area contributed by atoms with Crippen molar-refractivity contribution in [2.45, 2.75) is 12.5 Å². The van der Waals surface area contributed by atoms with E-state index in [0.29, 0.717) is 5.56 Å². The number of rotatable bonds is 4. The lowest BCUT2D eigenvalue weighted by Crippen LogP contribution is -2.40. The van der Waals surface area contributed by atoms with E-state index in [0.717, 1.165) is 0 Å². The number of amides is 2. The molecule has 2 aromatic rings. The van der Waals surface area contributed by atoms with Crippen molar-refractivity contribution in [3.63, 3.8) is 0 Å². The lowest BCUT2D eigenvalue weighted by atomic mass is 9.96. The van der Waals surface area contributed by atoms with E-state index in [1.165, 1.54) is 12.1 Å². The van der Waals surface area contributed by atoms with Crippen LogP contribution in [0.2, 0.25) is 0 Å². The third-order valence-electron chi connectivity index (χ3n) is 3.11. The average molecular weight is 288 g/mol. The number of halogens is 1. The molecule has 0 spiro atoms. The van der Waals surface area contributed by atoms with Crippen LogP contribution in [-0.4, -0.2) is 17.7 Å². The highest BCUT2D eigenvalue weighted by Crippen LogP contribution is 2.19. The predicted octanol–water partition coefficient (Wildman–Crippen LogP) is 2.85. The molecule has 2 aromatic carbocycles. The number of para-hydroxylation sites is 1. The van der Waals surface area contributed by atoms with E-state index in [4.69, 9.17) is 0 Å². The fraction of sp³-hybridized carbons (Fsp3) is 0.188. The lowest BCUT2D eigenvalue weighted by molar-refractivity contribution is 0.0599. The Balaban J connectivity index is 1.94. The molecular weight excluding hydrogens is 271 g/mol. The van der Waals surface area contributed by atoms with Gasteiger partial charge in [0, 0.05) is 0 Å². The summed E-state index contributed by atoms with van der Waals surface area (Å²) in [6.07, 6.45) is 0. The largest absolute Gasteiger partial charge is 0.384 e. The van der Waals surface area contributed by atoms with E-state index in [9.17, 15) is 14.3 Å². The van der Waals surface area contributed by atoms with E-state index >= 15 is 0 Å². The Morgan fingerprint density at radius 3 is 2.43 bits per heavy atom. The number of carbonyl (C=O) groups is 1. The van der Waals surface area contributed by atoms with E-state index < -0.39 is 17.4 Å². The minimum Gasteiger partial charge on any atom is -0.384 e. The molecule has 0 aliphatic heterocycles. The molecule has 110 valence electrons. The molecule has 0 fully saturated rings. The first-order valence-corrected chi connectivity index (χ1v) is 6.56. The average Bonchev–Trinajstić information content (AvgIpc) is 2.49. The number of urea groups is 1. The number of hydrogen-bond donors (Lipinski definition) is 3. The minimum absolute atomic E-state index is 0.0112. The van der Waals surface area contributed by atoms with Crippen LogP contribution in [-0.2, 0) is 5.60 Å². The normalized spacial score (nSPS) is 13.3. The van der Waals surface area contributed by atoms with Gasteiger partial charge in [0.15, 0.2) is 0 Å². The maximum atomic E-state index is 13.4. The molecule has 0 bridgehead atoms. The summed E-state index contributed by atoms with van der Waals surface area (Å²) in [4.78, 5) is 11.7. The monoisotopic (exact) mass is 288 g/mol. The molecule has 2 amide bonds. The van der Waals surface area contributed by atoms with Crippen molar-refractivity contribution in [1.29, 1.82) is 0 Å². The zero-order chi connectivity index (χ0) is 15.3. The second-order valence-electron chi connectivity index (χ2n) is 4.93. The van der Waals surface area contributed by atoms with Crippen molar-refractivity contribution >= 4 is 11.7 Å². The molecule has 0 aliphatic rings. The molecule has 5 heteroatoms. The number of aliphatic hydroxyl groups is 1. The highest BCUT2D eigenvalue weighted by molar-refractivity contribution is 5.89. The Bertz CT molecular complexity index is 615. The number of nitrogens with one attached hydrogen (secondary N) is 2. The summed E-state index contributed by atoms with van der Waals surface area (Å²) >= 11 is 0. The summed E-state index contributed by atoms with van der Waals surface area (Å²) in [5, 5.41) is 15.3. The van der Waals surface area contributed by atoms with Crippen LogP contribution in [0.15, 0.2) is 54.6 Å². The second kappa shape index (κ2) is 6.37. The van der Waals surface area contributed by atoms with Gasteiger partial charge in [-0.25, -0.2) is 9.18 Å². The molecule has 2 rings (SSSR count). The first-order valence-electron chi connectivity index (χ1n) is 6.56. The molecular formula is C16H17FN2O2. The van der Waals surface area contributed by atoms with Crippen LogP contribution in [0.1, 0.15) is 12.5 Å². The maximum Gasteiger partial charge on any atom is 0.319 e. The molecule has 0 heterocycles. The van der Waals surface area contributed by atoms with Gasteiger partial charge < -0.3 is 15.7 Å². The van der Waals surface area contributed by atoms with E-state index in [1.54, 1.807) is 31.2 Å². The van der Waals surface area contributed by atoms with Gasteiger partial charge in [-0.3, -0.25) is 0 Å².